The van der Waals surface area contributed by atoms with Gasteiger partial charge in [-0.05, 0) is 77.0 Å². The Morgan fingerprint density at radius 2 is 2.00 bits per heavy atom. The van der Waals surface area contributed by atoms with Crippen LogP contribution in [0.2, 0.25) is 0 Å². The summed E-state index contributed by atoms with van der Waals surface area (Å²) in [4.78, 5) is 4.64. The first-order chi connectivity index (χ1) is 10.9. The van der Waals surface area contributed by atoms with Crippen molar-refractivity contribution in [3.05, 3.63) is 29.3 Å². The van der Waals surface area contributed by atoms with Crippen LogP contribution < -0.4 is 4.74 Å². The molecule has 0 aromatic heterocycles. The first-order valence-corrected chi connectivity index (χ1v) is 8.69. The molecule has 1 atom stereocenters. The van der Waals surface area contributed by atoms with Gasteiger partial charge in [-0.3, -0.25) is 0 Å². The van der Waals surface area contributed by atoms with Crippen LogP contribution in [0.1, 0.15) is 24.0 Å². The molecule has 0 bridgehead atoms. The molecular weight excluding hydrogens is 288 g/mol. The molecule has 4 nitrogen and oxygen atoms in total. The van der Waals surface area contributed by atoms with Gasteiger partial charge in [0, 0.05) is 13.1 Å². The maximum atomic E-state index is 10.2. The van der Waals surface area contributed by atoms with Gasteiger partial charge in [-0.15, -0.1) is 0 Å². The largest absolute Gasteiger partial charge is 0.491 e. The topological polar surface area (TPSA) is 35.9 Å². The van der Waals surface area contributed by atoms with Crippen LogP contribution in [-0.2, 0) is 0 Å². The van der Waals surface area contributed by atoms with E-state index in [1.807, 2.05) is 13.0 Å². The van der Waals surface area contributed by atoms with Crippen molar-refractivity contribution in [1.29, 1.82) is 0 Å². The fourth-order valence-corrected chi connectivity index (χ4v) is 3.22. The van der Waals surface area contributed by atoms with E-state index in [0.717, 1.165) is 23.8 Å². The molecule has 1 aromatic rings. The van der Waals surface area contributed by atoms with Crippen LogP contribution >= 0.6 is 0 Å². The second-order valence-corrected chi connectivity index (χ2v) is 7.20. The molecule has 2 rings (SSSR count). The van der Waals surface area contributed by atoms with Crippen molar-refractivity contribution < 1.29 is 9.84 Å². The molecule has 4 heteroatoms. The summed E-state index contributed by atoms with van der Waals surface area (Å²) in [6.45, 7) is 8.55. The molecule has 23 heavy (non-hydrogen) atoms. The lowest BCUT2D eigenvalue weighted by atomic mass is 9.96. The Bertz CT molecular complexity index is 484. The van der Waals surface area contributed by atoms with Crippen LogP contribution in [0, 0.1) is 19.8 Å². The van der Waals surface area contributed by atoms with E-state index in [1.165, 1.54) is 31.5 Å². The zero-order valence-electron chi connectivity index (χ0n) is 15.1. The van der Waals surface area contributed by atoms with Gasteiger partial charge >= 0.3 is 0 Å². The summed E-state index contributed by atoms with van der Waals surface area (Å²) in [6, 6.07) is 6.17. The minimum atomic E-state index is -0.453. The lowest BCUT2D eigenvalue weighted by Gasteiger charge is -2.32. The van der Waals surface area contributed by atoms with Crippen molar-refractivity contribution in [3.63, 3.8) is 0 Å². The summed E-state index contributed by atoms with van der Waals surface area (Å²) in [7, 11) is 4.29. The minimum Gasteiger partial charge on any atom is -0.491 e. The molecular formula is C19H32N2O2. The second-order valence-electron chi connectivity index (χ2n) is 7.20. The Morgan fingerprint density at radius 3 is 2.70 bits per heavy atom. The number of nitrogens with zero attached hydrogens (tertiary/aromatic N) is 2. The maximum Gasteiger partial charge on any atom is 0.122 e. The number of aryl methyl sites for hydroxylation is 2. The van der Waals surface area contributed by atoms with Crippen molar-refractivity contribution in [2.75, 3.05) is 46.9 Å². The molecule has 130 valence electrons. The summed E-state index contributed by atoms with van der Waals surface area (Å²) in [6.07, 6.45) is 2.07. The fraction of sp³-hybridized carbons (Fsp3) is 0.684. The number of hydrogen-bond donors (Lipinski definition) is 1. The highest BCUT2D eigenvalue weighted by Gasteiger charge is 2.19. The normalized spacial score (nSPS) is 18.3. The van der Waals surface area contributed by atoms with Crippen molar-refractivity contribution >= 4 is 0 Å². The van der Waals surface area contributed by atoms with Gasteiger partial charge in [-0.25, -0.2) is 0 Å². The van der Waals surface area contributed by atoms with Crippen molar-refractivity contribution in [2.45, 2.75) is 32.8 Å². The Kier molecular flexibility index (Phi) is 6.88. The Balaban J connectivity index is 1.71. The monoisotopic (exact) mass is 320 g/mol. The molecule has 0 radical (unpaired) electrons. The van der Waals surface area contributed by atoms with Gasteiger partial charge in [0.2, 0.25) is 0 Å². The lowest BCUT2D eigenvalue weighted by Crippen LogP contribution is -2.39. The van der Waals surface area contributed by atoms with Gasteiger partial charge in [-0.1, -0.05) is 12.1 Å². The third-order valence-corrected chi connectivity index (χ3v) is 4.71. The number of rotatable bonds is 7. The Morgan fingerprint density at radius 1 is 1.30 bits per heavy atom. The van der Waals surface area contributed by atoms with Crippen molar-refractivity contribution in [2.24, 2.45) is 5.92 Å². The molecule has 1 unspecified atom stereocenters. The number of likely N-dealkylation sites (N-methyl/N-ethyl adjacent to an activating group) is 1. The van der Waals surface area contributed by atoms with Gasteiger partial charge < -0.3 is 19.6 Å². The smallest absolute Gasteiger partial charge is 0.122 e. The third kappa shape index (κ3) is 6.13. The zero-order chi connectivity index (χ0) is 16.8. The van der Waals surface area contributed by atoms with Crippen LogP contribution in [0.5, 0.6) is 5.75 Å². The molecule has 1 aromatic carbocycles. The van der Waals surface area contributed by atoms with Crippen LogP contribution in [-0.4, -0.2) is 67.9 Å². The van der Waals surface area contributed by atoms with E-state index in [4.69, 9.17) is 4.74 Å². The van der Waals surface area contributed by atoms with E-state index >= 15 is 0 Å². The molecule has 1 N–H and O–H groups in total. The highest BCUT2D eigenvalue weighted by molar-refractivity contribution is 5.35. The highest BCUT2D eigenvalue weighted by Crippen LogP contribution is 2.20. The fourth-order valence-electron chi connectivity index (χ4n) is 3.22. The molecule has 1 heterocycles. The predicted molar refractivity (Wildman–Crippen MR) is 95.1 cm³/mol. The summed E-state index contributed by atoms with van der Waals surface area (Å²) in [5, 5.41) is 10.2. The van der Waals surface area contributed by atoms with Crippen LogP contribution in [0.15, 0.2) is 18.2 Å². The second kappa shape index (κ2) is 8.67. The van der Waals surface area contributed by atoms with E-state index in [9.17, 15) is 5.11 Å². The van der Waals surface area contributed by atoms with E-state index in [-0.39, 0.29) is 0 Å². The molecule has 1 aliphatic heterocycles. The number of aliphatic hydroxyl groups excluding tert-OH is 1. The minimum absolute atomic E-state index is 0.349. The average molecular weight is 320 g/mol. The van der Waals surface area contributed by atoms with Gasteiger partial charge in [0.1, 0.15) is 18.5 Å². The van der Waals surface area contributed by atoms with Crippen LogP contribution in [0.25, 0.3) is 0 Å². The van der Waals surface area contributed by atoms with Gasteiger partial charge in [0.15, 0.2) is 0 Å². The van der Waals surface area contributed by atoms with Gasteiger partial charge in [0.05, 0.1) is 0 Å². The summed E-state index contributed by atoms with van der Waals surface area (Å²) >= 11 is 0. The molecule has 0 aliphatic carbocycles. The molecule has 1 aliphatic rings. The predicted octanol–water partition coefficient (Wildman–Crippen LogP) is 2.32. The van der Waals surface area contributed by atoms with Crippen LogP contribution in [0.4, 0.5) is 0 Å². The van der Waals surface area contributed by atoms with E-state index in [0.29, 0.717) is 13.2 Å². The summed E-state index contributed by atoms with van der Waals surface area (Å²) in [5.74, 6) is 1.63. The van der Waals surface area contributed by atoms with Gasteiger partial charge in [0.25, 0.3) is 0 Å². The van der Waals surface area contributed by atoms with Gasteiger partial charge in [-0.2, -0.15) is 0 Å². The number of piperidine rings is 1. The molecule has 0 amide bonds. The number of aliphatic hydroxyl groups is 1. The summed E-state index contributed by atoms with van der Waals surface area (Å²) in [5.41, 5.74) is 2.29. The Hall–Kier alpha value is -1.10. The Labute approximate surface area is 141 Å². The number of likely N-dealkylation sites (tertiary alicyclic amines) is 1. The van der Waals surface area contributed by atoms with E-state index in [2.05, 4.69) is 43.0 Å². The number of benzene rings is 1. The van der Waals surface area contributed by atoms with Crippen molar-refractivity contribution in [1.82, 2.24) is 9.80 Å². The average Bonchev–Trinajstić information content (AvgIpc) is 2.50. The quantitative estimate of drug-likeness (QED) is 0.836. The molecule has 1 fully saturated rings. The standard InChI is InChI=1S/C19H32N2O2/c1-15-5-6-16(2)19(11-15)23-14-18(22)13-21(4)12-17-7-9-20(3)10-8-17/h5-6,11,17-18,22H,7-10,12-14H2,1-4H3. The molecule has 0 saturated carbocycles. The maximum absolute atomic E-state index is 10.2. The highest BCUT2D eigenvalue weighted by atomic mass is 16.5. The van der Waals surface area contributed by atoms with Crippen LogP contribution in [0.3, 0.4) is 0 Å². The third-order valence-electron chi connectivity index (χ3n) is 4.71. The SMILES string of the molecule is Cc1ccc(C)c(OCC(O)CN(C)CC2CCN(C)CC2)c1. The first kappa shape index (κ1) is 18.2. The zero-order valence-corrected chi connectivity index (χ0v) is 15.1. The first-order valence-electron chi connectivity index (χ1n) is 8.69. The summed E-state index contributed by atoms with van der Waals surface area (Å²) < 4.78 is 5.80. The molecule has 0 spiro atoms. The van der Waals surface area contributed by atoms with E-state index in [1.54, 1.807) is 0 Å². The van der Waals surface area contributed by atoms with E-state index < -0.39 is 6.10 Å². The lowest BCUT2D eigenvalue weighted by molar-refractivity contribution is 0.0668. The number of hydrogen-bond acceptors (Lipinski definition) is 4. The molecule has 1 saturated heterocycles. The van der Waals surface area contributed by atoms with Crippen molar-refractivity contribution in [3.8, 4) is 5.75 Å². The number of ether oxygens (including phenoxy) is 1.